The fourth-order valence-corrected chi connectivity index (χ4v) is 2.61. The lowest BCUT2D eigenvalue weighted by Gasteiger charge is -2.23. The van der Waals surface area contributed by atoms with Crippen LogP contribution in [-0.4, -0.2) is 53.2 Å². The van der Waals surface area contributed by atoms with Gasteiger partial charge < -0.3 is 18.8 Å². The second-order valence-corrected chi connectivity index (χ2v) is 5.71. The van der Waals surface area contributed by atoms with E-state index in [9.17, 15) is 18.0 Å². The van der Waals surface area contributed by atoms with Crippen LogP contribution >= 0.6 is 0 Å². The summed E-state index contributed by atoms with van der Waals surface area (Å²) in [6.07, 6.45) is -1.01. The topological polar surface area (TPSA) is 77.7 Å². The summed E-state index contributed by atoms with van der Waals surface area (Å²) >= 11 is 0. The SMILES string of the molecule is Cc1cc(C(=O)N2CCOC[C@H](Oc3cnccn3)C2)c(C(F)(F)F)o1. The molecule has 0 saturated carbocycles. The summed E-state index contributed by atoms with van der Waals surface area (Å²) in [4.78, 5) is 21.8. The van der Waals surface area contributed by atoms with Crippen molar-refractivity contribution in [2.45, 2.75) is 19.2 Å². The molecule has 1 aliphatic heterocycles. The summed E-state index contributed by atoms with van der Waals surface area (Å²) in [5, 5.41) is 0. The summed E-state index contributed by atoms with van der Waals surface area (Å²) in [5.41, 5.74) is -0.518. The molecule has 0 radical (unpaired) electrons. The first kappa shape index (κ1) is 18.2. The van der Waals surface area contributed by atoms with E-state index >= 15 is 0 Å². The number of hydrogen-bond donors (Lipinski definition) is 0. The number of alkyl halides is 3. The molecule has 1 fully saturated rings. The monoisotopic (exact) mass is 371 g/mol. The van der Waals surface area contributed by atoms with Gasteiger partial charge in [0.15, 0.2) is 0 Å². The highest BCUT2D eigenvalue weighted by molar-refractivity contribution is 5.95. The van der Waals surface area contributed by atoms with E-state index in [2.05, 4.69) is 9.97 Å². The first-order valence-electron chi connectivity index (χ1n) is 7.82. The molecule has 3 heterocycles. The molecule has 0 aliphatic carbocycles. The quantitative estimate of drug-likeness (QED) is 0.824. The van der Waals surface area contributed by atoms with Gasteiger partial charge in [0.2, 0.25) is 11.6 Å². The predicted molar refractivity (Wildman–Crippen MR) is 81.6 cm³/mol. The zero-order chi connectivity index (χ0) is 18.7. The lowest BCUT2D eigenvalue weighted by atomic mass is 10.2. The molecule has 2 aromatic rings. The summed E-state index contributed by atoms with van der Waals surface area (Å²) < 4.78 is 55.0. The van der Waals surface area contributed by atoms with Gasteiger partial charge in [0.25, 0.3) is 5.91 Å². The number of amides is 1. The molecule has 0 N–H and O–H groups in total. The average molecular weight is 371 g/mol. The van der Waals surface area contributed by atoms with Gasteiger partial charge in [-0.1, -0.05) is 0 Å². The van der Waals surface area contributed by atoms with Gasteiger partial charge in [-0.3, -0.25) is 9.78 Å². The van der Waals surface area contributed by atoms with Crippen molar-refractivity contribution >= 4 is 5.91 Å². The maximum absolute atomic E-state index is 13.1. The molecule has 3 rings (SSSR count). The van der Waals surface area contributed by atoms with Crippen LogP contribution in [0, 0.1) is 6.92 Å². The van der Waals surface area contributed by atoms with Crippen LogP contribution in [0.2, 0.25) is 0 Å². The summed E-state index contributed by atoms with van der Waals surface area (Å²) in [6, 6.07) is 1.09. The van der Waals surface area contributed by atoms with Crippen molar-refractivity contribution in [3.8, 4) is 5.88 Å². The number of carbonyl (C=O) groups excluding carboxylic acids is 1. The molecule has 7 nitrogen and oxygen atoms in total. The Morgan fingerprint density at radius 2 is 2.19 bits per heavy atom. The van der Waals surface area contributed by atoms with Crippen molar-refractivity contribution in [2.24, 2.45) is 0 Å². The summed E-state index contributed by atoms with van der Waals surface area (Å²) in [5.74, 6) is -1.83. The van der Waals surface area contributed by atoms with Gasteiger partial charge in [0.1, 0.15) is 11.9 Å². The summed E-state index contributed by atoms with van der Waals surface area (Å²) in [7, 11) is 0. The summed E-state index contributed by atoms with van der Waals surface area (Å²) in [6.45, 7) is 1.91. The van der Waals surface area contributed by atoms with Crippen molar-refractivity contribution in [2.75, 3.05) is 26.3 Å². The molecule has 26 heavy (non-hydrogen) atoms. The lowest BCUT2D eigenvalue weighted by molar-refractivity contribution is -0.153. The van der Waals surface area contributed by atoms with E-state index in [1.807, 2.05) is 0 Å². The van der Waals surface area contributed by atoms with Crippen LogP contribution < -0.4 is 4.74 Å². The van der Waals surface area contributed by atoms with Gasteiger partial charge in [-0.2, -0.15) is 13.2 Å². The maximum Gasteiger partial charge on any atom is 0.450 e. The molecule has 0 unspecified atom stereocenters. The third-order valence-electron chi connectivity index (χ3n) is 3.69. The third kappa shape index (κ3) is 4.13. The normalized spacial score (nSPS) is 18.5. The molecule has 0 spiro atoms. The van der Waals surface area contributed by atoms with E-state index < -0.39 is 29.5 Å². The second-order valence-electron chi connectivity index (χ2n) is 5.71. The number of aromatic nitrogens is 2. The van der Waals surface area contributed by atoms with Crippen LogP contribution in [0.15, 0.2) is 29.1 Å². The highest BCUT2D eigenvalue weighted by Gasteiger charge is 2.41. The van der Waals surface area contributed by atoms with E-state index in [-0.39, 0.29) is 37.9 Å². The van der Waals surface area contributed by atoms with Gasteiger partial charge in [-0.25, -0.2) is 4.98 Å². The maximum atomic E-state index is 13.1. The Labute approximate surface area is 146 Å². The van der Waals surface area contributed by atoms with Crippen molar-refractivity contribution < 1.29 is 31.9 Å². The highest BCUT2D eigenvalue weighted by Crippen LogP contribution is 2.34. The number of ether oxygens (including phenoxy) is 2. The zero-order valence-corrected chi connectivity index (χ0v) is 13.8. The molecule has 1 aliphatic rings. The first-order valence-corrected chi connectivity index (χ1v) is 7.82. The fourth-order valence-electron chi connectivity index (χ4n) is 2.61. The minimum Gasteiger partial charge on any atom is -0.469 e. The Balaban J connectivity index is 1.78. The number of halogens is 3. The van der Waals surface area contributed by atoms with Crippen molar-refractivity contribution in [1.82, 2.24) is 14.9 Å². The minimum atomic E-state index is -4.75. The highest BCUT2D eigenvalue weighted by atomic mass is 19.4. The average Bonchev–Trinajstić information content (AvgIpc) is 2.85. The number of rotatable bonds is 3. The van der Waals surface area contributed by atoms with E-state index in [1.54, 1.807) is 0 Å². The molecular formula is C16H16F3N3O4. The lowest BCUT2D eigenvalue weighted by Crippen LogP contribution is -2.40. The molecule has 1 saturated heterocycles. The zero-order valence-electron chi connectivity index (χ0n) is 13.8. The molecule has 1 atom stereocenters. The number of nitrogens with zero attached hydrogens (tertiary/aromatic N) is 3. The van der Waals surface area contributed by atoms with E-state index in [4.69, 9.17) is 13.9 Å². The van der Waals surface area contributed by atoms with Crippen LogP contribution in [0.25, 0.3) is 0 Å². The number of furan rings is 1. The standard InChI is InChI=1S/C16H16F3N3O4/c1-10-6-12(14(25-10)16(17,18)19)15(23)22-4-5-24-9-11(8-22)26-13-7-20-2-3-21-13/h2-3,6-7,11H,4-5,8-9H2,1H3/t11-/m1/s1. The van der Waals surface area contributed by atoms with Gasteiger partial charge in [-0.15, -0.1) is 0 Å². The molecular weight excluding hydrogens is 355 g/mol. The van der Waals surface area contributed by atoms with Crippen LogP contribution in [-0.2, 0) is 10.9 Å². The molecule has 140 valence electrons. The number of hydrogen-bond acceptors (Lipinski definition) is 6. The van der Waals surface area contributed by atoms with Crippen molar-refractivity contribution in [3.63, 3.8) is 0 Å². The Bertz CT molecular complexity index is 764. The smallest absolute Gasteiger partial charge is 0.450 e. The van der Waals surface area contributed by atoms with Gasteiger partial charge >= 0.3 is 6.18 Å². The predicted octanol–water partition coefficient (Wildman–Crippen LogP) is 2.32. The van der Waals surface area contributed by atoms with E-state index in [0.29, 0.717) is 0 Å². The van der Waals surface area contributed by atoms with Crippen molar-refractivity contribution in [3.05, 3.63) is 41.7 Å². The second kappa shape index (κ2) is 7.32. The molecule has 0 aromatic carbocycles. The van der Waals surface area contributed by atoms with Crippen LogP contribution in [0.4, 0.5) is 13.2 Å². The third-order valence-corrected chi connectivity index (χ3v) is 3.69. The molecule has 1 amide bonds. The van der Waals surface area contributed by atoms with E-state index in [0.717, 1.165) is 6.07 Å². The van der Waals surface area contributed by atoms with Crippen molar-refractivity contribution in [1.29, 1.82) is 0 Å². The molecule has 0 bridgehead atoms. The van der Waals surface area contributed by atoms with Gasteiger partial charge in [0.05, 0.1) is 31.5 Å². The van der Waals surface area contributed by atoms with Crippen LogP contribution in [0.1, 0.15) is 21.9 Å². The van der Waals surface area contributed by atoms with Gasteiger partial charge in [-0.05, 0) is 13.0 Å². The van der Waals surface area contributed by atoms with Gasteiger partial charge in [0, 0.05) is 18.9 Å². The Hall–Kier alpha value is -2.62. The van der Waals surface area contributed by atoms with Crippen LogP contribution in [0.3, 0.4) is 0 Å². The van der Waals surface area contributed by atoms with Crippen LogP contribution in [0.5, 0.6) is 5.88 Å². The number of carbonyl (C=O) groups is 1. The fraction of sp³-hybridized carbons (Fsp3) is 0.438. The largest absolute Gasteiger partial charge is 0.469 e. The Morgan fingerprint density at radius 3 is 2.88 bits per heavy atom. The Morgan fingerprint density at radius 1 is 1.38 bits per heavy atom. The van der Waals surface area contributed by atoms with E-state index in [1.165, 1.54) is 30.4 Å². The minimum absolute atomic E-state index is 0.0131. The molecule has 2 aromatic heterocycles. The Kier molecular flexibility index (Phi) is 5.12. The molecule has 10 heteroatoms. The first-order chi connectivity index (χ1) is 12.3. The number of aryl methyl sites for hydroxylation is 1.